The minimum atomic E-state index is -4.71. The first-order chi connectivity index (χ1) is 9.82. The topological polar surface area (TPSA) is 38.3 Å². The second-order valence-electron chi connectivity index (χ2n) is 5.11. The Kier molecular flexibility index (Phi) is 3.39. The molecule has 112 valence electrons. The highest BCUT2D eigenvalue weighted by molar-refractivity contribution is 8.04. The SMILES string of the molecule is CC1CC2=C(Sc3cc(OC(F)(F)F)ccc3C2)C(=O)N1. The van der Waals surface area contributed by atoms with Crippen LogP contribution in [0.1, 0.15) is 18.9 Å². The first kappa shape index (κ1) is 14.3. The summed E-state index contributed by atoms with van der Waals surface area (Å²) in [5.41, 5.74) is 1.98. The van der Waals surface area contributed by atoms with E-state index in [0.717, 1.165) is 17.6 Å². The van der Waals surface area contributed by atoms with Gasteiger partial charge in [0.25, 0.3) is 5.91 Å². The molecule has 2 heterocycles. The predicted octanol–water partition coefficient (Wildman–Crippen LogP) is 3.40. The smallest absolute Gasteiger partial charge is 0.406 e. The molecule has 1 unspecified atom stereocenters. The van der Waals surface area contributed by atoms with Crippen molar-refractivity contribution in [1.82, 2.24) is 5.32 Å². The Morgan fingerprint density at radius 1 is 1.38 bits per heavy atom. The third kappa shape index (κ3) is 3.02. The standard InChI is InChI=1S/C14H12F3NO2S/c1-7-4-9-5-8-2-3-10(20-14(15,16)17)6-11(8)21-12(9)13(19)18-7/h2-3,6-7H,4-5H2,1H3,(H,18,19). The molecule has 1 N–H and O–H groups in total. The summed E-state index contributed by atoms with van der Waals surface area (Å²) in [6.07, 6.45) is -3.34. The molecule has 1 amide bonds. The number of benzene rings is 1. The quantitative estimate of drug-likeness (QED) is 0.863. The van der Waals surface area contributed by atoms with E-state index in [-0.39, 0.29) is 17.7 Å². The van der Waals surface area contributed by atoms with Crippen LogP contribution in [0.4, 0.5) is 13.2 Å². The van der Waals surface area contributed by atoms with Crippen LogP contribution in [-0.4, -0.2) is 18.3 Å². The average Bonchev–Trinajstić information content (AvgIpc) is 2.35. The van der Waals surface area contributed by atoms with Gasteiger partial charge in [0.05, 0.1) is 4.91 Å². The summed E-state index contributed by atoms with van der Waals surface area (Å²) in [5, 5.41) is 2.83. The van der Waals surface area contributed by atoms with Gasteiger partial charge in [0.15, 0.2) is 0 Å². The molecule has 0 aliphatic carbocycles. The number of amides is 1. The van der Waals surface area contributed by atoms with E-state index in [0.29, 0.717) is 16.2 Å². The van der Waals surface area contributed by atoms with Crippen molar-refractivity contribution in [3.05, 3.63) is 34.2 Å². The zero-order valence-electron chi connectivity index (χ0n) is 11.1. The van der Waals surface area contributed by atoms with Crippen molar-refractivity contribution in [2.75, 3.05) is 0 Å². The summed E-state index contributed by atoms with van der Waals surface area (Å²) in [7, 11) is 0. The van der Waals surface area contributed by atoms with Crippen molar-refractivity contribution in [3.63, 3.8) is 0 Å². The number of fused-ring (bicyclic) bond motifs is 1. The van der Waals surface area contributed by atoms with E-state index in [9.17, 15) is 18.0 Å². The molecule has 3 rings (SSSR count). The molecular formula is C14H12F3NO2S. The van der Waals surface area contributed by atoms with Gasteiger partial charge in [0.2, 0.25) is 0 Å². The minimum Gasteiger partial charge on any atom is -0.406 e. The Morgan fingerprint density at radius 3 is 2.86 bits per heavy atom. The van der Waals surface area contributed by atoms with Gasteiger partial charge in [-0.2, -0.15) is 0 Å². The van der Waals surface area contributed by atoms with Gasteiger partial charge < -0.3 is 10.1 Å². The summed E-state index contributed by atoms with van der Waals surface area (Å²) < 4.78 is 40.7. The fraction of sp³-hybridized carbons (Fsp3) is 0.357. The highest BCUT2D eigenvalue weighted by Crippen LogP contribution is 2.43. The number of nitrogens with one attached hydrogen (secondary N) is 1. The maximum atomic E-state index is 12.2. The van der Waals surface area contributed by atoms with E-state index in [1.807, 2.05) is 6.92 Å². The van der Waals surface area contributed by atoms with Crippen LogP contribution in [0, 0.1) is 0 Å². The van der Waals surface area contributed by atoms with Crippen LogP contribution >= 0.6 is 11.8 Å². The predicted molar refractivity (Wildman–Crippen MR) is 71.9 cm³/mol. The molecule has 2 aliphatic heterocycles. The molecule has 1 aromatic rings. The number of halogens is 3. The van der Waals surface area contributed by atoms with Gasteiger partial charge in [-0.1, -0.05) is 17.8 Å². The molecule has 3 nitrogen and oxygen atoms in total. The maximum Gasteiger partial charge on any atom is 0.573 e. The number of carbonyl (C=O) groups excluding carboxylic acids is 1. The summed E-state index contributed by atoms with van der Waals surface area (Å²) in [6, 6.07) is 4.36. The summed E-state index contributed by atoms with van der Waals surface area (Å²) >= 11 is 1.21. The van der Waals surface area contributed by atoms with Gasteiger partial charge in [-0.05, 0) is 43.0 Å². The molecule has 0 saturated heterocycles. The molecule has 0 saturated carbocycles. The molecule has 21 heavy (non-hydrogen) atoms. The molecule has 0 radical (unpaired) electrons. The molecule has 0 spiro atoms. The van der Waals surface area contributed by atoms with Crippen molar-refractivity contribution >= 4 is 17.7 Å². The number of carbonyl (C=O) groups is 1. The highest BCUT2D eigenvalue weighted by atomic mass is 32.2. The highest BCUT2D eigenvalue weighted by Gasteiger charge is 2.33. The van der Waals surface area contributed by atoms with Gasteiger partial charge in [-0.3, -0.25) is 4.79 Å². The van der Waals surface area contributed by atoms with Crippen molar-refractivity contribution in [1.29, 1.82) is 0 Å². The number of ether oxygens (including phenoxy) is 1. The normalized spacial score (nSPS) is 21.5. The number of thioether (sulfide) groups is 1. The largest absolute Gasteiger partial charge is 0.573 e. The third-order valence-corrected chi connectivity index (χ3v) is 4.62. The molecular weight excluding hydrogens is 303 g/mol. The van der Waals surface area contributed by atoms with Crippen LogP contribution < -0.4 is 10.1 Å². The maximum absolute atomic E-state index is 12.2. The van der Waals surface area contributed by atoms with Crippen LogP contribution in [0.15, 0.2) is 33.6 Å². The molecule has 7 heteroatoms. The molecule has 2 aliphatic rings. The van der Waals surface area contributed by atoms with Crippen LogP contribution in [0.25, 0.3) is 0 Å². The Bertz CT molecular complexity index is 640. The summed E-state index contributed by atoms with van der Waals surface area (Å²) in [4.78, 5) is 13.2. The van der Waals surface area contributed by atoms with E-state index >= 15 is 0 Å². The van der Waals surface area contributed by atoms with Gasteiger partial charge in [0, 0.05) is 10.9 Å². The number of hydrogen-bond donors (Lipinski definition) is 1. The summed E-state index contributed by atoms with van der Waals surface area (Å²) in [5.74, 6) is -0.413. The van der Waals surface area contributed by atoms with Crippen LogP contribution in [0.2, 0.25) is 0 Å². The lowest BCUT2D eigenvalue weighted by Crippen LogP contribution is -2.38. The Hall–Kier alpha value is -1.63. The van der Waals surface area contributed by atoms with Gasteiger partial charge in [-0.15, -0.1) is 13.2 Å². The van der Waals surface area contributed by atoms with Crippen molar-refractivity contribution in [2.24, 2.45) is 0 Å². The fourth-order valence-corrected chi connectivity index (χ4v) is 3.66. The lowest BCUT2D eigenvalue weighted by molar-refractivity contribution is -0.274. The van der Waals surface area contributed by atoms with Crippen LogP contribution in [0.5, 0.6) is 5.75 Å². The molecule has 0 aromatic heterocycles. The Morgan fingerprint density at radius 2 is 2.14 bits per heavy atom. The lowest BCUT2D eigenvalue weighted by atomic mass is 9.95. The number of hydrogen-bond acceptors (Lipinski definition) is 3. The molecule has 0 fully saturated rings. The monoisotopic (exact) mass is 315 g/mol. The zero-order valence-corrected chi connectivity index (χ0v) is 11.9. The van der Waals surface area contributed by atoms with Crippen LogP contribution in [0.3, 0.4) is 0 Å². The number of rotatable bonds is 1. The Labute approximate surface area is 123 Å². The third-order valence-electron chi connectivity index (χ3n) is 3.35. The first-order valence-electron chi connectivity index (χ1n) is 6.41. The second kappa shape index (κ2) is 4.98. The van der Waals surface area contributed by atoms with Crippen molar-refractivity contribution < 1.29 is 22.7 Å². The van der Waals surface area contributed by atoms with E-state index in [4.69, 9.17) is 0 Å². The molecule has 1 aromatic carbocycles. The van der Waals surface area contributed by atoms with E-state index < -0.39 is 6.36 Å². The molecule has 1 atom stereocenters. The van der Waals surface area contributed by atoms with E-state index in [1.54, 1.807) is 6.07 Å². The van der Waals surface area contributed by atoms with Gasteiger partial charge >= 0.3 is 6.36 Å². The zero-order chi connectivity index (χ0) is 15.2. The lowest BCUT2D eigenvalue weighted by Gasteiger charge is -2.29. The first-order valence-corrected chi connectivity index (χ1v) is 7.23. The Balaban J connectivity index is 1.89. The van der Waals surface area contributed by atoms with Crippen molar-refractivity contribution in [2.45, 2.75) is 37.1 Å². The van der Waals surface area contributed by atoms with Crippen LogP contribution in [-0.2, 0) is 11.2 Å². The minimum absolute atomic E-state index is 0.0891. The second-order valence-corrected chi connectivity index (χ2v) is 6.16. The van der Waals surface area contributed by atoms with Gasteiger partial charge in [-0.25, -0.2) is 0 Å². The van der Waals surface area contributed by atoms with E-state index in [1.165, 1.54) is 23.9 Å². The van der Waals surface area contributed by atoms with Gasteiger partial charge in [0.1, 0.15) is 5.75 Å². The van der Waals surface area contributed by atoms with Crippen molar-refractivity contribution in [3.8, 4) is 5.75 Å². The summed E-state index contributed by atoms with van der Waals surface area (Å²) in [6.45, 7) is 1.93. The number of alkyl halides is 3. The average molecular weight is 315 g/mol. The van der Waals surface area contributed by atoms with E-state index in [2.05, 4.69) is 10.1 Å². The molecule has 0 bridgehead atoms. The fourth-order valence-electron chi connectivity index (χ4n) is 2.55.